The van der Waals surface area contributed by atoms with Crippen LogP contribution in [-0.2, 0) is 5.60 Å². The van der Waals surface area contributed by atoms with Crippen molar-refractivity contribution in [1.29, 1.82) is 0 Å². The molecule has 17 heteroatoms. The molecule has 0 fully saturated rings. The van der Waals surface area contributed by atoms with Gasteiger partial charge in [-0.25, -0.2) is 0 Å². The van der Waals surface area contributed by atoms with Gasteiger partial charge in [0.2, 0.25) is 0 Å². The second-order valence-corrected chi connectivity index (χ2v) is 8.37. The molecule has 0 spiro atoms. The van der Waals surface area contributed by atoms with E-state index in [1.54, 1.807) is 0 Å². The molecule has 1 aromatic carbocycles. The molecule has 1 unspecified atom stereocenters. The van der Waals surface area contributed by atoms with Crippen LogP contribution in [0.4, 0.5) is 58.4 Å². The van der Waals surface area contributed by atoms with Crippen LogP contribution in [0.5, 0.6) is 0 Å². The van der Waals surface area contributed by atoms with Crippen LogP contribution in [0.25, 0.3) is 0 Å². The second-order valence-electron chi connectivity index (χ2n) is 8.37. The summed E-state index contributed by atoms with van der Waals surface area (Å²) >= 11 is 0. The molecule has 1 atom stereocenters. The fourth-order valence-corrected chi connectivity index (χ4v) is 3.86. The summed E-state index contributed by atoms with van der Waals surface area (Å²) in [6.07, 6.45) is -26.2. The standard InChI is InChI=1S/C20H16F12N2O3/c1-14(16(37,19(27,28)29)20(30,31)32)7-9(3-5-12(14)34)13(35)8-2-4-11(33)10(6-8)15(36,17(21,22)23)18(24,25)26/h2-6,36-37H,7,33-34H2,1H3. The van der Waals surface area contributed by atoms with E-state index in [9.17, 15) is 67.7 Å². The van der Waals surface area contributed by atoms with E-state index in [1.165, 1.54) is 0 Å². The molecular weight excluding hydrogens is 544 g/mol. The molecule has 6 N–H and O–H groups in total. The Bertz CT molecular complexity index is 1120. The number of ketones is 1. The Labute approximate surface area is 199 Å². The van der Waals surface area contributed by atoms with Crippen LogP contribution in [0.1, 0.15) is 29.3 Å². The SMILES string of the molecule is CC1(C(O)(C(F)(F)F)C(F)(F)F)CC(C(=O)c2ccc(N)c(C(O)(C(F)(F)F)C(F)(F)F)c2)=CC=C1N. The molecule has 5 nitrogen and oxygen atoms in total. The summed E-state index contributed by atoms with van der Waals surface area (Å²) in [4.78, 5) is 12.8. The van der Waals surface area contributed by atoms with Gasteiger partial charge in [0.15, 0.2) is 5.78 Å². The zero-order chi connectivity index (χ0) is 29.2. The summed E-state index contributed by atoms with van der Waals surface area (Å²) in [6, 6.07) is 0.742. The van der Waals surface area contributed by atoms with E-state index in [-0.39, 0.29) is 13.0 Å². The summed E-state index contributed by atoms with van der Waals surface area (Å²) in [6.45, 7) is 0.223. The molecular formula is C20H16F12N2O3. The lowest BCUT2D eigenvalue weighted by atomic mass is 9.64. The van der Waals surface area contributed by atoms with Crippen molar-refractivity contribution in [3.63, 3.8) is 0 Å². The lowest BCUT2D eigenvalue weighted by Crippen LogP contribution is -2.68. The number of allylic oxidation sites excluding steroid dienone is 3. The number of rotatable bonds is 4. The van der Waals surface area contributed by atoms with Crippen LogP contribution in [0.3, 0.4) is 0 Å². The molecule has 208 valence electrons. The highest BCUT2D eigenvalue weighted by Gasteiger charge is 2.79. The predicted octanol–water partition coefficient (Wildman–Crippen LogP) is 4.80. The van der Waals surface area contributed by atoms with Gasteiger partial charge in [0, 0.05) is 28.1 Å². The number of hydrogen-bond acceptors (Lipinski definition) is 5. The Morgan fingerprint density at radius 2 is 1.27 bits per heavy atom. The van der Waals surface area contributed by atoms with Crippen LogP contribution in [-0.4, -0.2) is 46.3 Å². The highest BCUT2D eigenvalue weighted by atomic mass is 19.4. The summed E-state index contributed by atoms with van der Waals surface area (Å²) in [7, 11) is 0. The van der Waals surface area contributed by atoms with Crippen LogP contribution in [0, 0.1) is 5.41 Å². The lowest BCUT2D eigenvalue weighted by Gasteiger charge is -2.47. The minimum absolute atomic E-state index is 0.141. The number of hydrogen-bond donors (Lipinski definition) is 4. The Hall–Kier alpha value is -2.95. The normalized spacial score (nSPS) is 20.4. The van der Waals surface area contributed by atoms with E-state index in [0.29, 0.717) is 24.3 Å². The molecule has 0 aromatic heterocycles. The second kappa shape index (κ2) is 8.54. The van der Waals surface area contributed by atoms with Crippen molar-refractivity contribution in [3.8, 4) is 0 Å². The maximum Gasteiger partial charge on any atom is 0.430 e. The van der Waals surface area contributed by atoms with Gasteiger partial charge in [0.1, 0.15) is 0 Å². The number of nitrogen functional groups attached to an aromatic ring is 1. The van der Waals surface area contributed by atoms with E-state index < -0.39 is 81.6 Å². The van der Waals surface area contributed by atoms with Crippen molar-refractivity contribution < 1.29 is 67.7 Å². The third-order valence-electron chi connectivity index (χ3n) is 6.08. The Morgan fingerprint density at radius 1 is 0.811 bits per heavy atom. The molecule has 0 saturated carbocycles. The van der Waals surface area contributed by atoms with Crippen molar-refractivity contribution in [3.05, 3.63) is 52.7 Å². The summed E-state index contributed by atoms with van der Waals surface area (Å²) in [5.74, 6) is -1.63. The summed E-state index contributed by atoms with van der Waals surface area (Å²) < 4.78 is 161. The molecule has 2 rings (SSSR count). The number of anilines is 1. The molecule has 0 aliphatic heterocycles. The zero-order valence-electron chi connectivity index (χ0n) is 18.1. The minimum atomic E-state index is -6.42. The Kier molecular flexibility index (Phi) is 6.99. The molecule has 0 bridgehead atoms. The van der Waals surface area contributed by atoms with Crippen molar-refractivity contribution in [2.75, 3.05) is 5.73 Å². The number of carbonyl (C=O) groups excluding carboxylic acids is 1. The maximum absolute atomic E-state index is 13.5. The van der Waals surface area contributed by atoms with E-state index in [4.69, 9.17) is 11.5 Å². The van der Waals surface area contributed by atoms with E-state index in [2.05, 4.69) is 0 Å². The molecule has 37 heavy (non-hydrogen) atoms. The number of nitrogens with two attached hydrogens (primary N) is 2. The summed E-state index contributed by atoms with van der Waals surface area (Å²) in [5.41, 5.74) is -10.7. The molecule has 0 heterocycles. The zero-order valence-corrected chi connectivity index (χ0v) is 18.1. The van der Waals surface area contributed by atoms with Gasteiger partial charge in [-0.2, -0.15) is 52.7 Å². The van der Waals surface area contributed by atoms with Crippen LogP contribution < -0.4 is 11.5 Å². The van der Waals surface area contributed by atoms with E-state index in [1.807, 2.05) is 0 Å². The first-order valence-electron chi connectivity index (χ1n) is 9.60. The number of halogens is 12. The molecule has 0 amide bonds. The Morgan fingerprint density at radius 3 is 1.68 bits per heavy atom. The fourth-order valence-electron chi connectivity index (χ4n) is 3.86. The maximum atomic E-state index is 13.5. The minimum Gasteiger partial charge on any atom is -0.401 e. The van der Waals surface area contributed by atoms with Gasteiger partial charge in [-0.3, -0.25) is 4.79 Å². The predicted molar refractivity (Wildman–Crippen MR) is 101 cm³/mol. The molecule has 1 aromatic rings. The van der Waals surface area contributed by atoms with Gasteiger partial charge < -0.3 is 21.7 Å². The van der Waals surface area contributed by atoms with E-state index in [0.717, 1.165) is 0 Å². The number of carbonyl (C=O) groups is 1. The van der Waals surface area contributed by atoms with Crippen molar-refractivity contribution >= 4 is 11.5 Å². The third-order valence-corrected chi connectivity index (χ3v) is 6.08. The largest absolute Gasteiger partial charge is 0.430 e. The number of aliphatic hydroxyl groups is 2. The lowest BCUT2D eigenvalue weighted by molar-refractivity contribution is -0.396. The van der Waals surface area contributed by atoms with Crippen LogP contribution in [0.15, 0.2) is 41.6 Å². The third kappa shape index (κ3) is 4.41. The molecule has 1 aliphatic carbocycles. The van der Waals surface area contributed by atoms with Crippen molar-refractivity contribution in [2.24, 2.45) is 11.1 Å². The average molecular weight is 560 g/mol. The van der Waals surface area contributed by atoms with Gasteiger partial charge in [-0.15, -0.1) is 0 Å². The van der Waals surface area contributed by atoms with Crippen LogP contribution >= 0.6 is 0 Å². The Balaban J connectivity index is 2.69. The summed E-state index contributed by atoms with van der Waals surface area (Å²) in [5, 5.41) is 19.5. The van der Waals surface area contributed by atoms with Gasteiger partial charge in [0.25, 0.3) is 11.2 Å². The average Bonchev–Trinajstić information content (AvgIpc) is 2.71. The van der Waals surface area contributed by atoms with Crippen molar-refractivity contribution in [2.45, 2.75) is 49.3 Å². The smallest absolute Gasteiger partial charge is 0.401 e. The number of alkyl halides is 12. The van der Waals surface area contributed by atoms with Gasteiger partial charge in [-0.05, 0) is 30.7 Å². The fraction of sp³-hybridized carbons (Fsp3) is 0.450. The molecule has 0 radical (unpaired) electrons. The first-order valence-corrected chi connectivity index (χ1v) is 9.60. The monoisotopic (exact) mass is 560 g/mol. The quantitative estimate of drug-likeness (QED) is 0.241. The highest BCUT2D eigenvalue weighted by Crippen LogP contribution is 2.58. The number of Topliss-reactive ketones (excluding diaryl/α,β-unsaturated/α-hetero) is 1. The highest BCUT2D eigenvalue weighted by molar-refractivity contribution is 6.09. The topological polar surface area (TPSA) is 110 Å². The molecule has 0 saturated heterocycles. The van der Waals surface area contributed by atoms with E-state index >= 15 is 0 Å². The van der Waals surface area contributed by atoms with Crippen molar-refractivity contribution in [1.82, 2.24) is 0 Å². The van der Waals surface area contributed by atoms with Crippen LogP contribution in [0.2, 0.25) is 0 Å². The first-order chi connectivity index (χ1) is 16.3. The van der Waals surface area contributed by atoms with Gasteiger partial charge in [0.05, 0.1) is 5.41 Å². The molecule has 1 aliphatic rings. The van der Waals surface area contributed by atoms with Gasteiger partial charge >= 0.3 is 24.7 Å². The number of benzene rings is 1. The van der Waals surface area contributed by atoms with Gasteiger partial charge in [-0.1, -0.05) is 13.0 Å². The first kappa shape index (κ1) is 30.3.